The molecule has 0 atom stereocenters. The molecule has 1 fully saturated rings. The van der Waals surface area contributed by atoms with Crippen LogP contribution in [0.5, 0.6) is 0 Å². The third-order valence-corrected chi connectivity index (χ3v) is 6.34. The molecule has 31 heavy (non-hydrogen) atoms. The summed E-state index contributed by atoms with van der Waals surface area (Å²) >= 11 is 1.62. The molecule has 5 rings (SSSR count). The maximum atomic E-state index is 4.36. The average molecular weight is 432 g/mol. The van der Waals surface area contributed by atoms with Crippen molar-refractivity contribution in [2.75, 3.05) is 18.4 Å². The smallest absolute Gasteiger partial charge is 0.187 e. The number of anilines is 2. The lowest BCUT2D eigenvalue weighted by Crippen LogP contribution is -2.32. The lowest BCUT2D eigenvalue weighted by Gasteiger charge is -2.31. The standard InChI is InChI=1S/C23H25N7S/c1-2-9-24-21(5-1)16-30-17-22(27-28-30)15-29-11-7-18(8-12-29)19-4-3-6-20(14-19)26-23-25-10-13-31-23/h1-6,9-10,13-14,17-18H,7-8,11-12,15-16H2,(H,25,26). The molecule has 1 aliphatic rings. The summed E-state index contributed by atoms with van der Waals surface area (Å²) in [6.45, 7) is 3.64. The quantitative estimate of drug-likeness (QED) is 0.470. The minimum absolute atomic E-state index is 0.592. The Balaban J connectivity index is 1.14. The van der Waals surface area contributed by atoms with Crippen molar-refractivity contribution in [1.29, 1.82) is 0 Å². The molecule has 7 nitrogen and oxygen atoms in total. The first-order valence-corrected chi connectivity index (χ1v) is 11.5. The number of benzene rings is 1. The fraction of sp³-hybridized carbons (Fsp3) is 0.304. The summed E-state index contributed by atoms with van der Waals surface area (Å²) in [4.78, 5) is 11.1. The highest BCUT2D eigenvalue weighted by Gasteiger charge is 2.21. The van der Waals surface area contributed by atoms with Crippen LogP contribution < -0.4 is 5.32 Å². The van der Waals surface area contributed by atoms with E-state index < -0.39 is 0 Å². The van der Waals surface area contributed by atoms with E-state index in [4.69, 9.17) is 0 Å². The van der Waals surface area contributed by atoms with Crippen LogP contribution in [0, 0.1) is 0 Å². The van der Waals surface area contributed by atoms with Crippen molar-refractivity contribution in [3.8, 4) is 0 Å². The summed E-state index contributed by atoms with van der Waals surface area (Å²) in [7, 11) is 0. The lowest BCUT2D eigenvalue weighted by molar-refractivity contribution is 0.202. The van der Waals surface area contributed by atoms with Gasteiger partial charge in [0.1, 0.15) is 0 Å². The third-order valence-electron chi connectivity index (χ3n) is 5.65. The van der Waals surface area contributed by atoms with E-state index in [0.29, 0.717) is 12.5 Å². The van der Waals surface area contributed by atoms with Crippen molar-refractivity contribution < 1.29 is 0 Å². The number of thiazole rings is 1. The molecule has 1 aromatic carbocycles. The van der Waals surface area contributed by atoms with Crippen LogP contribution in [-0.2, 0) is 13.1 Å². The van der Waals surface area contributed by atoms with E-state index >= 15 is 0 Å². The number of rotatable bonds is 7. The first-order valence-electron chi connectivity index (χ1n) is 10.6. The Labute approximate surface area is 185 Å². The molecule has 0 radical (unpaired) electrons. The van der Waals surface area contributed by atoms with Crippen molar-refractivity contribution in [3.63, 3.8) is 0 Å². The first kappa shape index (κ1) is 19.8. The normalized spacial score (nSPS) is 15.2. The van der Waals surface area contributed by atoms with E-state index in [2.05, 4.69) is 54.8 Å². The zero-order chi connectivity index (χ0) is 20.9. The van der Waals surface area contributed by atoms with E-state index in [1.165, 1.54) is 5.56 Å². The number of hydrogen-bond acceptors (Lipinski definition) is 7. The number of piperidine rings is 1. The molecule has 0 bridgehead atoms. The predicted molar refractivity (Wildman–Crippen MR) is 122 cm³/mol. The molecule has 3 aromatic heterocycles. The van der Waals surface area contributed by atoms with Gasteiger partial charge >= 0.3 is 0 Å². The number of nitrogens with zero attached hydrogens (tertiary/aromatic N) is 6. The van der Waals surface area contributed by atoms with Gasteiger partial charge in [-0.25, -0.2) is 9.67 Å². The molecular weight excluding hydrogens is 406 g/mol. The van der Waals surface area contributed by atoms with E-state index in [-0.39, 0.29) is 0 Å². The fourth-order valence-electron chi connectivity index (χ4n) is 4.08. The van der Waals surface area contributed by atoms with Crippen LogP contribution in [0.4, 0.5) is 10.8 Å². The third kappa shape index (κ3) is 5.15. The Hall–Kier alpha value is -3.10. The van der Waals surface area contributed by atoms with Crippen molar-refractivity contribution in [2.45, 2.75) is 31.8 Å². The maximum absolute atomic E-state index is 4.36. The van der Waals surface area contributed by atoms with Gasteiger partial charge in [-0.1, -0.05) is 23.4 Å². The topological polar surface area (TPSA) is 71.8 Å². The van der Waals surface area contributed by atoms with Gasteiger partial charge in [-0.05, 0) is 61.7 Å². The Kier molecular flexibility index (Phi) is 5.99. The molecule has 0 unspecified atom stereocenters. The summed E-state index contributed by atoms with van der Waals surface area (Å²) in [6, 6.07) is 14.7. The molecule has 0 saturated carbocycles. The van der Waals surface area contributed by atoms with Gasteiger partial charge in [-0.3, -0.25) is 9.88 Å². The highest BCUT2D eigenvalue weighted by Crippen LogP contribution is 2.31. The van der Waals surface area contributed by atoms with Crippen LogP contribution in [0.1, 0.15) is 35.7 Å². The predicted octanol–water partition coefficient (Wildman–Crippen LogP) is 4.30. The number of pyridine rings is 1. The van der Waals surface area contributed by atoms with Gasteiger partial charge in [0.2, 0.25) is 0 Å². The summed E-state index contributed by atoms with van der Waals surface area (Å²) in [6.07, 6.45) is 7.98. The minimum atomic E-state index is 0.592. The van der Waals surface area contributed by atoms with E-state index in [9.17, 15) is 0 Å². The number of hydrogen-bond donors (Lipinski definition) is 1. The Morgan fingerprint density at radius 3 is 2.71 bits per heavy atom. The molecular formula is C23H25N7S. The summed E-state index contributed by atoms with van der Waals surface area (Å²) in [5, 5.41) is 14.9. The molecule has 1 N–H and O–H groups in total. The summed E-state index contributed by atoms with van der Waals surface area (Å²) in [5.41, 5.74) is 4.53. The van der Waals surface area contributed by atoms with Gasteiger partial charge in [0.15, 0.2) is 5.13 Å². The molecule has 4 heterocycles. The zero-order valence-corrected chi connectivity index (χ0v) is 18.1. The van der Waals surface area contributed by atoms with Crippen molar-refractivity contribution in [3.05, 3.63) is 83.4 Å². The largest absolute Gasteiger partial charge is 0.332 e. The Morgan fingerprint density at radius 2 is 1.90 bits per heavy atom. The van der Waals surface area contributed by atoms with E-state index in [1.807, 2.05) is 46.9 Å². The second-order valence-corrected chi connectivity index (χ2v) is 8.76. The van der Waals surface area contributed by atoms with Crippen molar-refractivity contribution in [2.24, 2.45) is 0 Å². The van der Waals surface area contributed by atoms with Gasteiger partial charge in [-0.15, -0.1) is 16.4 Å². The monoisotopic (exact) mass is 431 g/mol. The first-order chi connectivity index (χ1) is 15.3. The Bertz CT molecular complexity index is 1090. The molecule has 8 heteroatoms. The van der Waals surface area contributed by atoms with Gasteiger partial charge in [-0.2, -0.15) is 0 Å². The summed E-state index contributed by atoms with van der Waals surface area (Å²) in [5.74, 6) is 0.592. The molecule has 4 aromatic rings. The minimum Gasteiger partial charge on any atom is -0.332 e. The average Bonchev–Trinajstić information content (AvgIpc) is 3.47. The highest BCUT2D eigenvalue weighted by atomic mass is 32.1. The highest BCUT2D eigenvalue weighted by molar-refractivity contribution is 7.13. The van der Waals surface area contributed by atoms with Crippen molar-refractivity contribution in [1.82, 2.24) is 29.9 Å². The summed E-state index contributed by atoms with van der Waals surface area (Å²) < 4.78 is 1.87. The van der Waals surface area contributed by atoms with Gasteiger partial charge in [0, 0.05) is 30.0 Å². The molecule has 1 saturated heterocycles. The maximum Gasteiger partial charge on any atom is 0.187 e. The molecule has 0 amide bonds. The number of aromatic nitrogens is 5. The van der Waals surface area contributed by atoms with Crippen LogP contribution >= 0.6 is 11.3 Å². The van der Waals surface area contributed by atoms with Gasteiger partial charge < -0.3 is 5.32 Å². The van der Waals surface area contributed by atoms with Crippen LogP contribution in [0.3, 0.4) is 0 Å². The van der Waals surface area contributed by atoms with Crippen LogP contribution in [-0.4, -0.2) is 43.0 Å². The molecule has 158 valence electrons. The molecule has 1 aliphatic heterocycles. The molecule has 0 spiro atoms. The van der Waals surface area contributed by atoms with Gasteiger partial charge in [0.25, 0.3) is 0 Å². The SMILES string of the molecule is c1ccc(Cn2cc(CN3CCC(c4cccc(Nc5nccs5)c4)CC3)nn2)nc1. The van der Waals surface area contributed by atoms with E-state index in [1.54, 1.807) is 11.3 Å². The zero-order valence-electron chi connectivity index (χ0n) is 17.3. The second kappa shape index (κ2) is 9.36. The lowest BCUT2D eigenvalue weighted by atomic mass is 9.89. The van der Waals surface area contributed by atoms with Crippen LogP contribution in [0.2, 0.25) is 0 Å². The van der Waals surface area contributed by atoms with Crippen molar-refractivity contribution >= 4 is 22.2 Å². The van der Waals surface area contributed by atoms with Crippen LogP contribution in [0.25, 0.3) is 0 Å². The van der Waals surface area contributed by atoms with Crippen LogP contribution in [0.15, 0.2) is 66.4 Å². The fourth-order valence-corrected chi connectivity index (χ4v) is 4.63. The Morgan fingerprint density at radius 1 is 0.968 bits per heavy atom. The second-order valence-electron chi connectivity index (χ2n) is 7.87. The van der Waals surface area contributed by atoms with E-state index in [0.717, 1.165) is 54.7 Å². The number of likely N-dealkylation sites (tertiary alicyclic amines) is 1. The molecule has 0 aliphatic carbocycles. The van der Waals surface area contributed by atoms with Gasteiger partial charge in [0.05, 0.1) is 24.1 Å². The number of nitrogens with one attached hydrogen (secondary N) is 1.